The molecule has 4 aromatic rings. The zero-order valence-electron chi connectivity index (χ0n) is 14.1. The molecule has 4 rings (SSSR count). The molecule has 2 N–H and O–H groups in total. The van der Waals surface area contributed by atoms with Crippen LogP contribution in [0.25, 0.3) is 11.5 Å². The maximum atomic E-state index is 12.8. The zero-order valence-corrected chi connectivity index (χ0v) is 14.1. The van der Waals surface area contributed by atoms with E-state index in [2.05, 4.69) is 20.5 Å². The van der Waals surface area contributed by atoms with Gasteiger partial charge in [0.25, 0.3) is 5.91 Å². The summed E-state index contributed by atoms with van der Waals surface area (Å²) in [5, 5.41) is 9.94. The average Bonchev–Trinajstić information content (AvgIpc) is 3.41. The Bertz CT molecular complexity index is 1000. The van der Waals surface area contributed by atoms with Gasteiger partial charge in [-0.1, -0.05) is 30.3 Å². The van der Waals surface area contributed by atoms with Crippen LogP contribution in [0.1, 0.15) is 27.9 Å². The number of carbonyl (C=O) groups is 1. The lowest BCUT2D eigenvalue weighted by Crippen LogP contribution is -2.31. The fourth-order valence-electron chi connectivity index (χ4n) is 2.80. The minimum atomic E-state index is -0.382. The first-order valence-electron chi connectivity index (χ1n) is 8.14. The van der Waals surface area contributed by atoms with Gasteiger partial charge in [-0.3, -0.25) is 9.89 Å². The molecule has 3 aromatic heterocycles. The number of benzene rings is 1. The monoisotopic (exact) mass is 347 g/mol. The Morgan fingerprint density at radius 2 is 2.08 bits per heavy atom. The number of nitrogens with zero attached hydrogens (tertiary/aromatic N) is 3. The number of aromatic nitrogens is 4. The molecule has 1 aromatic carbocycles. The Hall–Kier alpha value is -3.61. The lowest BCUT2D eigenvalue weighted by Gasteiger charge is -2.18. The number of aromatic amines is 1. The molecule has 0 fully saturated rings. The lowest BCUT2D eigenvalue weighted by atomic mass is 10.1. The molecule has 0 aliphatic carbocycles. The molecule has 0 saturated carbocycles. The van der Waals surface area contributed by atoms with Gasteiger partial charge in [0.2, 0.25) is 0 Å². The molecule has 7 nitrogen and oxygen atoms in total. The second-order valence-electron chi connectivity index (χ2n) is 5.86. The topological polar surface area (TPSA) is 88.7 Å². The summed E-state index contributed by atoms with van der Waals surface area (Å²) >= 11 is 0. The highest BCUT2D eigenvalue weighted by atomic mass is 16.3. The van der Waals surface area contributed by atoms with Crippen LogP contribution in [0.15, 0.2) is 71.6 Å². The number of nitrogens with one attached hydrogen (secondary N) is 2. The fourth-order valence-corrected chi connectivity index (χ4v) is 2.80. The average molecular weight is 347 g/mol. The highest BCUT2D eigenvalue weighted by Crippen LogP contribution is 2.22. The smallest absolute Gasteiger partial charge is 0.272 e. The van der Waals surface area contributed by atoms with Crippen LogP contribution in [0.2, 0.25) is 0 Å². The third-order valence-electron chi connectivity index (χ3n) is 4.12. The van der Waals surface area contributed by atoms with Crippen molar-refractivity contribution in [1.82, 2.24) is 25.1 Å². The minimum absolute atomic E-state index is 0.284. The maximum absolute atomic E-state index is 12.8. The molecule has 0 aliphatic heterocycles. The Labute approximate surface area is 149 Å². The largest absolute Gasteiger partial charge is 0.463 e. The molecule has 0 saturated heterocycles. The van der Waals surface area contributed by atoms with Crippen LogP contribution >= 0.6 is 0 Å². The van der Waals surface area contributed by atoms with Gasteiger partial charge in [0.05, 0.1) is 6.26 Å². The third-order valence-corrected chi connectivity index (χ3v) is 4.12. The van der Waals surface area contributed by atoms with E-state index < -0.39 is 0 Å². The second kappa shape index (κ2) is 6.72. The van der Waals surface area contributed by atoms with E-state index in [1.54, 1.807) is 30.7 Å². The summed E-state index contributed by atoms with van der Waals surface area (Å²) in [5.41, 5.74) is 1.87. The molecule has 0 aliphatic rings. The number of aryl methyl sites for hydroxylation is 1. The van der Waals surface area contributed by atoms with Crippen molar-refractivity contribution >= 4 is 5.91 Å². The number of imidazole rings is 1. The van der Waals surface area contributed by atoms with Gasteiger partial charge in [-0.2, -0.15) is 5.10 Å². The van der Waals surface area contributed by atoms with Gasteiger partial charge in [-0.05, 0) is 17.7 Å². The van der Waals surface area contributed by atoms with Gasteiger partial charge >= 0.3 is 0 Å². The molecule has 130 valence electrons. The van der Waals surface area contributed by atoms with Crippen molar-refractivity contribution in [3.63, 3.8) is 0 Å². The van der Waals surface area contributed by atoms with Crippen LogP contribution < -0.4 is 5.32 Å². The summed E-state index contributed by atoms with van der Waals surface area (Å²) in [6.45, 7) is 0. The zero-order chi connectivity index (χ0) is 17.9. The van der Waals surface area contributed by atoms with E-state index in [-0.39, 0.29) is 17.6 Å². The first-order chi connectivity index (χ1) is 12.7. The van der Waals surface area contributed by atoms with E-state index in [4.69, 9.17) is 4.42 Å². The molecule has 7 heteroatoms. The maximum Gasteiger partial charge on any atom is 0.272 e. The Morgan fingerprint density at radius 1 is 1.23 bits per heavy atom. The summed E-state index contributed by atoms with van der Waals surface area (Å²) in [7, 11) is 1.90. The van der Waals surface area contributed by atoms with Crippen molar-refractivity contribution in [2.24, 2.45) is 7.05 Å². The number of rotatable bonds is 5. The van der Waals surface area contributed by atoms with Gasteiger partial charge in [-0.15, -0.1) is 0 Å². The Kier molecular flexibility index (Phi) is 4.10. The Balaban J connectivity index is 1.62. The van der Waals surface area contributed by atoms with Gasteiger partial charge in [0.1, 0.15) is 17.6 Å². The molecule has 26 heavy (non-hydrogen) atoms. The molecule has 3 heterocycles. The van der Waals surface area contributed by atoms with Crippen molar-refractivity contribution in [2.75, 3.05) is 0 Å². The van der Waals surface area contributed by atoms with E-state index in [1.165, 1.54) is 0 Å². The molecule has 0 spiro atoms. The fraction of sp³-hybridized carbons (Fsp3) is 0.105. The van der Waals surface area contributed by atoms with Gasteiger partial charge in [0, 0.05) is 25.5 Å². The number of carbonyl (C=O) groups excluding carboxylic acids is 1. The van der Waals surface area contributed by atoms with E-state index in [1.807, 2.05) is 48.1 Å². The standard InChI is InChI=1S/C19H17N5O2/c1-24-10-9-20-18(24)17(13-6-3-2-4-7-13)21-19(25)15-12-14(22-23-15)16-8-5-11-26-16/h2-12,17H,1H3,(H,21,25)(H,22,23). The van der Waals surface area contributed by atoms with Crippen LogP contribution in [0.4, 0.5) is 0 Å². The summed E-state index contributed by atoms with van der Waals surface area (Å²) in [5.74, 6) is 1.07. The van der Waals surface area contributed by atoms with Gasteiger partial charge in [0.15, 0.2) is 11.5 Å². The third kappa shape index (κ3) is 3.02. The van der Waals surface area contributed by atoms with Crippen molar-refractivity contribution in [2.45, 2.75) is 6.04 Å². The lowest BCUT2D eigenvalue weighted by molar-refractivity contribution is 0.0936. The van der Waals surface area contributed by atoms with Crippen LogP contribution in [-0.2, 0) is 7.05 Å². The molecular weight excluding hydrogens is 330 g/mol. The highest BCUT2D eigenvalue weighted by molar-refractivity contribution is 5.93. The quantitative estimate of drug-likeness (QED) is 0.581. The summed E-state index contributed by atoms with van der Waals surface area (Å²) in [6, 6.07) is 14.6. The first-order valence-corrected chi connectivity index (χ1v) is 8.14. The summed E-state index contributed by atoms with van der Waals surface area (Å²) < 4.78 is 7.21. The van der Waals surface area contributed by atoms with Crippen LogP contribution in [-0.4, -0.2) is 25.7 Å². The van der Waals surface area contributed by atoms with Gasteiger partial charge in [-0.25, -0.2) is 4.98 Å². The summed E-state index contributed by atoms with van der Waals surface area (Å²) in [4.78, 5) is 17.1. The van der Waals surface area contributed by atoms with E-state index in [9.17, 15) is 4.79 Å². The predicted octanol–water partition coefficient (Wildman–Crippen LogP) is 2.92. The van der Waals surface area contributed by atoms with Crippen LogP contribution in [0.3, 0.4) is 0 Å². The SMILES string of the molecule is Cn1ccnc1C(NC(=O)c1cc(-c2ccco2)[nH]n1)c1ccccc1. The number of hydrogen-bond donors (Lipinski definition) is 2. The second-order valence-corrected chi connectivity index (χ2v) is 5.86. The highest BCUT2D eigenvalue weighted by Gasteiger charge is 2.22. The molecule has 0 radical (unpaired) electrons. The van der Waals surface area contributed by atoms with E-state index in [0.29, 0.717) is 11.5 Å². The number of amides is 1. The molecule has 0 bridgehead atoms. The van der Waals surface area contributed by atoms with Gasteiger partial charge < -0.3 is 14.3 Å². The van der Waals surface area contributed by atoms with Crippen LogP contribution in [0.5, 0.6) is 0 Å². The number of H-pyrrole nitrogens is 1. The van der Waals surface area contributed by atoms with E-state index >= 15 is 0 Å². The van der Waals surface area contributed by atoms with Crippen molar-refractivity contribution in [1.29, 1.82) is 0 Å². The number of hydrogen-bond acceptors (Lipinski definition) is 4. The Morgan fingerprint density at radius 3 is 2.77 bits per heavy atom. The predicted molar refractivity (Wildman–Crippen MR) is 95.2 cm³/mol. The van der Waals surface area contributed by atoms with Crippen molar-refractivity contribution in [3.05, 3.63) is 84.3 Å². The van der Waals surface area contributed by atoms with Crippen molar-refractivity contribution < 1.29 is 9.21 Å². The molecule has 1 amide bonds. The summed E-state index contributed by atoms with van der Waals surface area (Å²) in [6.07, 6.45) is 5.13. The van der Waals surface area contributed by atoms with Crippen molar-refractivity contribution in [3.8, 4) is 11.5 Å². The van der Waals surface area contributed by atoms with Crippen LogP contribution in [0, 0.1) is 0 Å². The first kappa shape index (κ1) is 15.9. The molecule has 1 unspecified atom stereocenters. The minimum Gasteiger partial charge on any atom is -0.463 e. The van der Waals surface area contributed by atoms with E-state index in [0.717, 1.165) is 11.4 Å². The molecule has 1 atom stereocenters. The number of furan rings is 1. The molecular formula is C19H17N5O2. The normalized spacial score (nSPS) is 12.0.